The van der Waals surface area contributed by atoms with Gasteiger partial charge in [-0.15, -0.1) is 6.42 Å². The van der Waals surface area contributed by atoms with Crippen molar-refractivity contribution in [2.45, 2.75) is 19.4 Å². The topological polar surface area (TPSA) is 21.3 Å². The summed E-state index contributed by atoms with van der Waals surface area (Å²) in [6.07, 6.45) is 6.33. The van der Waals surface area contributed by atoms with Crippen molar-refractivity contribution in [3.8, 4) is 18.1 Å². The molecular formula is C13H16FNO. The van der Waals surface area contributed by atoms with Gasteiger partial charge in [0.15, 0.2) is 0 Å². The first-order chi connectivity index (χ1) is 7.72. The van der Waals surface area contributed by atoms with Crippen LogP contribution >= 0.6 is 0 Å². The number of terminal acetylenes is 1. The zero-order valence-corrected chi connectivity index (χ0v) is 9.59. The molecule has 0 bridgehead atoms. The van der Waals surface area contributed by atoms with Gasteiger partial charge in [-0.2, -0.15) is 0 Å². The van der Waals surface area contributed by atoms with E-state index in [1.54, 1.807) is 12.1 Å². The van der Waals surface area contributed by atoms with Crippen molar-refractivity contribution in [1.29, 1.82) is 0 Å². The summed E-state index contributed by atoms with van der Waals surface area (Å²) in [5.41, 5.74) is 0.483. The molecule has 0 heterocycles. The van der Waals surface area contributed by atoms with Crippen LogP contribution in [0.5, 0.6) is 5.75 Å². The molecular weight excluding hydrogens is 205 g/mol. The summed E-state index contributed by atoms with van der Waals surface area (Å²) in [7, 11) is 1.50. The van der Waals surface area contributed by atoms with Crippen LogP contribution in [0.15, 0.2) is 18.2 Å². The van der Waals surface area contributed by atoms with Crippen LogP contribution in [0.4, 0.5) is 4.39 Å². The van der Waals surface area contributed by atoms with E-state index in [0.717, 1.165) is 13.0 Å². The molecule has 0 saturated heterocycles. The Kier molecular flexibility index (Phi) is 4.81. The van der Waals surface area contributed by atoms with Crippen molar-refractivity contribution in [3.63, 3.8) is 0 Å². The van der Waals surface area contributed by atoms with Crippen molar-refractivity contribution in [1.82, 2.24) is 5.32 Å². The van der Waals surface area contributed by atoms with Gasteiger partial charge in [0.05, 0.1) is 13.2 Å². The van der Waals surface area contributed by atoms with Gasteiger partial charge >= 0.3 is 0 Å². The highest BCUT2D eigenvalue weighted by Gasteiger charge is 2.12. The molecule has 0 spiro atoms. The lowest BCUT2D eigenvalue weighted by molar-refractivity contribution is 0.410. The van der Waals surface area contributed by atoms with Gasteiger partial charge in [-0.1, -0.05) is 12.8 Å². The second kappa shape index (κ2) is 6.14. The summed E-state index contributed by atoms with van der Waals surface area (Å²) < 4.78 is 18.6. The van der Waals surface area contributed by atoms with Gasteiger partial charge in [-0.05, 0) is 25.1 Å². The fraction of sp³-hybridized carbons (Fsp3) is 0.385. The highest BCUT2D eigenvalue weighted by molar-refractivity contribution is 5.33. The summed E-state index contributed by atoms with van der Waals surface area (Å²) in [4.78, 5) is 0. The molecule has 0 aliphatic heterocycles. The van der Waals surface area contributed by atoms with Crippen LogP contribution in [0.3, 0.4) is 0 Å². The van der Waals surface area contributed by atoms with Crippen LogP contribution in [0, 0.1) is 18.2 Å². The van der Waals surface area contributed by atoms with Crippen LogP contribution in [-0.2, 0) is 0 Å². The lowest BCUT2D eigenvalue weighted by Gasteiger charge is -2.14. The minimum Gasteiger partial charge on any atom is -0.497 e. The van der Waals surface area contributed by atoms with Crippen LogP contribution in [-0.4, -0.2) is 13.7 Å². The van der Waals surface area contributed by atoms with E-state index >= 15 is 0 Å². The monoisotopic (exact) mass is 221 g/mol. The number of hydrogen-bond donors (Lipinski definition) is 1. The van der Waals surface area contributed by atoms with Crippen molar-refractivity contribution >= 4 is 0 Å². The molecule has 2 nitrogen and oxygen atoms in total. The fourth-order valence-electron chi connectivity index (χ4n) is 1.42. The highest BCUT2D eigenvalue weighted by Crippen LogP contribution is 2.21. The Morgan fingerprint density at radius 1 is 1.56 bits per heavy atom. The van der Waals surface area contributed by atoms with Crippen molar-refractivity contribution in [2.75, 3.05) is 13.7 Å². The molecule has 3 heteroatoms. The van der Waals surface area contributed by atoms with Gasteiger partial charge in [0.1, 0.15) is 11.6 Å². The van der Waals surface area contributed by atoms with E-state index in [2.05, 4.69) is 11.2 Å². The average molecular weight is 221 g/mol. The number of hydrogen-bond acceptors (Lipinski definition) is 2. The molecule has 1 atom stereocenters. The Balaban J connectivity index is 2.89. The Bertz CT molecular complexity index is 384. The van der Waals surface area contributed by atoms with Gasteiger partial charge in [0, 0.05) is 11.6 Å². The first-order valence-corrected chi connectivity index (χ1v) is 5.25. The molecule has 1 aromatic carbocycles. The largest absolute Gasteiger partial charge is 0.497 e. The van der Waals surface area contributed by atoms with Crippen LogP contribution in [0.25, 0.3) is 0 Å². The third kappa shape index (κ3) is 2.98. The molecule has 86 valence electrons. The molecule has 0 aromatic heterocycles. The molecule has 0 amide bonds. The number of ether oxygens (including phenoxy) is 1. The molecule has 16 heavy (non-hydrogen) atoms. The Morgan fingerprint density at radius 3 is 2.81 bits per heavy atom. The average Bonchev–Trinajstić information content (AvgIpc) is 2.31. The predicted molar refractivity (Wildman–Crippen MR) is 62.8 cm³/mol. The number of rotatable bonds is 5. The van der Waals surface area contributed by atoms with Gasteiger partial charge in [0.2, 0.25) is 0 Å². The molecule has 1 aromatic rings. The third-order valence-electron chi connectivity index (χ3n) is 2.28. The lowest BCUT2D eigenvalue weighted by Crippen LogP contribution is -2.21. The summed E-state index contributed by atoms with van der Waals surface area (Å²) in [5.74, 6) is 2.69. The SMILES string of the molecule is C#CC(NCCC)c1ccc(OC)cc1F. The number of nitrogens with one attached hydrogen (secondary N) is 1. The summed E-state index contributed by atoms with van der Waals surface area (Å²) >= 11 is 0. The maximum atomic E-state index is 13.7. The molecule has 0 fully saturated rings. The first kappa shape index (κ1) is 12.5. The molecule has 0 aliphatic rings. The van der Waals surface area contributed by atoms with E-state index in [1.165, 1.54) is 13.2 Å². The molecule has 0 aliphatic carbocycles. The Hall–Kier alpha value is -1.53. The van der Waals surface area contributed by atoms with Gasteiger partial charge in [-0.3, -0.25) is 5.32 Å². The Morgan fingerprint density at radius 2 is 2.31 bits per heavy atom. The quantitative estimate of drug-likeness (QED) is 0.771. The fourth-order valence-corrected chi connectivity index (χ4v) is 1.42. The molecule has 0 saturated carbocycles. The van der Waals surface area contributed by atoms with E-state index in [4.69, 9.17) is 11.2 Å². The summed E-state index contributed by atoms with van der Waals surface area (Å²) in [6.45, 7) is 2.80. The third-order valence-corrected chi connectivity index (χ3v) is 2.28. The van der Waals surface area contributed by atoms with Gasteiger partial charge < -0.3 is 4.74 Å². The first-order valence-electron chi connectivity index (χ1n) is 5.25. The summed E-state index contributed by atoms with van der Waals surface area (Å²) in [6, 6.07) is 4.32. The van der Waals surface area contributed by atoms with E-state index in [-0.39, 0.29) is 11.9 Å². The highest BCUT2D eigenvalue weighted by atomic mass is 19.1. The van der Waals surface area contributed by atoms with Gasteiger partial charge in [0.25, 0.3) is 0 Å². The van der Waals surface area contributed by atoms with E-state index in [0.29, 0.717) is 11.3 Å². The molecule has 1 rings (SSSR count). The second-order valence-electron chi connectivity index (χ2n) is 3.44. The maximum Gasteiger partial charge on any atom is 0.132 e. The van der Waals surface area contributed by atoms with Crippen LogP contribution < -0.4 is 10.1 Å². The lowest BCUT2D eigenvalue weighted by atomic mass is 10.1. The standard InChI is InChI=1S/C13H16FNO/c1-4-8-15-13(5-2)11-7-6-10(16-3)9-12(11)14/h2,6-7,9,13,15H,4,8H2,1,3H3. The molecule has 1 unspecified atom stereocenters. The van der Waals surface area contributed by atoms with Crippen LogP contribution in [0.1, 0.15) is 24.9 Å². The maximum absolute atomic E-state index is 13.7. The van der Waals surface area contributed by atoms with E-state index < -0.39 is 0 Å². The van der Waals surface area contributed by atoms with Crippen molar-refractivity contribution in [2.24, 2.45) is 0 Å². The number of benzene rings is 1. The predicted octanol–water partition coefficient (Wildman–Crippen LogP) is 2.51. The smallest absolute Gasteiger partial charge is 0.132 e. The normalized spacial score (nSPS) is 11.9. The molecule has 0 radical (unpaired) electrons. The number of methoxy groups -OCH3 is 1. The van der Waals surface area contributed by atoms with Gasteiger partial charge in [-0.25, -0.2) is 4.39 Å². The minimum atomic E-state index is -0.383. The Labute approximate surface area is 95.8 Å². The number of halogens is 1. The van der Waals surface area contributed by atoms with Crippen LogP contribution in [0.2, 0.25) is 0 Å². The zero-order chi connectivity index (χ0) is 12.0. The van der Waals surface area contributed by atoms with E-state index in [9.17, 15) is 4.39 Å². The minimum absolute atomic E-state index is 0.342. The van der Waals surface area contributed by atoms with E-state index in [1.807, 2.05) is 6.92 Å². The molecule has 1 N–H and O–H groups in total. The second-order valence-corrected chi connectivity index (χ2v) is 3.44. The van der Waals surface area contributed by atoms with Crippen molar-refractivity contribution in [3.05, 3.63) is 29.6 Å². The zero-order valence-electron chi connectivity index (χ0n) is 9.59. The van der Waals surface area contributed by atoms with Crippen molar-refractivity contribution < 1.29 is 9.13 Å². The summed E-state index contributed by atoms with van der Waals surface area (Å²) in [5, 5.41) is 3.10.